The summed E-state index contributed by atoms with van der Waals surface area (Å²) in [5, 5.41) is 51.7. The Kier molecular flexibility index (Phi) is 7.42. The maximum absolute atomic E-state index is 13.5. The van der Waals surface area contributed by atoms with Gasteiger partial charge in [-0.1, -0.05) is 13.8 Å². The minimum Gasteiger partial charge on any atom is -0.472 e. The Labute approximate surface area is 225 Å². The van der Waals surface area contributed by atoms with Crippen molar-refractivity contribution in [1.29, 1.82) is 0 Å². The first-order chi connectivity index (χ1) is 18.4. The number of methoxy groups -OCH3 is 1. The first kappa shape index (κ1) is 28.2. The van der Waals surface area contributed by atoms with Crippen LogP contribution in [0, 0.1) is 22.7 Å². The summed E-state index contributed by atoms with van der Waals surface area (Å²) in [6, 6.07) is 1.73. The molecule has 0 unspecified atom stereocenters. The van der Waals surface area contributed by atoms with Crippen LogP contribution in [0.3, 0.4) is 0 Å². The van der Waals surface area contributed by atoms with Gasteiger partial charge in [-0.05, 0) is 42.7 Å². The van der Waals surface area contributed by atoms with E-state index in [9.17, 15) is 35.1 Å². The number of hydrogen-bond donors (Lipinski definition) is 5. The van der Waals surface area contributed by atoms with Crippen LogP contribution in [0.4, 0.5) is 0 Å². The van der Waals surface area contributed by atoms with Crippen molar-refractivity contribution in [3.63, 3.8) is 0 Å². The van der Waals surface area contributed by atoms with Gasteiger partial charge in [0.15, 0.2) is 6.29 Å². The molecule has 39 heavy (non-hydrogen) atoms. The summed E-state index contributed by atoms with van der Waals surface area (Å²) >= 11 is 0. The van der Waals surface area contributed by atoms with E-state index in [1.165, 1.54) is 25.7 Å². The molecule has 12 nitrogen and oxygen atoms in total. The Bertz CT molecular complexity index is 1100. The summed E-state index contributed by atoms with van der Waals surface area (Å²) in [6.45, 7) is 3.11. The number of carbonyl (C=O) groups excluding carboxylic acids is 2. The van der Waals surface area contributed by atoms with Crippen LogP contribution in [0.1, 0.15) is 44.8 Å². The Hall–Kier alpha value is -2.32. The topological polar surface area (TPSA) is 185 Å². The number of hydrogen-bond acceptors (Lipinski definition) is 12. The molecule has 0 bridgehead atoms. The minimum atomic E-state index is -1.68. The van der Waals surface area contributed by atoms with Crippen LogP contribution in [0.2, 0.25) is 0 Å². The van der Waals surface area contributed by atoms with Crippen LogP contribution in [-0.2, 0) is 28.5 Å². The molecule has 0 amide bonds. The van der Waals surface area contributed by atoms with E-state index in [1.807, 2.05) is 6.92 Å². The van der Waals surface area contributed by atoms with Gasteiger partial charge in [-0.25, -0.2) is 4.79 Å². The highest BCUT2D eigenvalue weighted by Crippen LogP contribution is 2.65. The molecule has 1 saturated carbocycles. The van der Waals surface area contributed by atoms with E-state index in [2.05, 4.69) is 0 Å². The molecular weight excluding hydrogens is 516 g/mol. The zero-order chi connectivity index (χ0) is 28.3. The SMILES string of the molecule is COC(=O)C1=C[C@H](O)C[C@H]2[C@]3(C)C[C@@H](c4ccoc4)OC(=O)[C@H]3C[C@H](O[C@H]3O[C@@H](CO)[C@@H](O)[C@H](O)[C@@H]3O)[C@@]12C. The van der Waals surface area contributed by atoms with Gasteiger partial charge in [-0.15, -0.1) is 0 Å². The number of aliphatic hydroxyl groups is 5. The summed E-state index contributed by atoms with van der Waals surface area (Å²) < 4.78 is 28.0. The van der Waals surface area contributed by atoms with Gasteiger partial charge in [0.25, 0.3) is 0 Å². The van der Waals surface area contributed by atoms with Crippen LogP contribution < -0.4 is 0 Å². The lowest BCUT2D eigenvalue weighted by Gasteiger charge is -2.62. The molecule has 0 spiro atoms. The summed E-state index contributed by atoms with van der Waals surface area (Å²) in [4.78, 5) is 26.6. The van der Waals surface area contributed by atoms with E-state index in [4.69, 9.17) is 23.4 Å². The Balaban J connectivity index is 1.56. The van der Waals surface area contributed by atoms with Crippen LogP contribution >= 0.6 is 0 Å². The molecule has 5 N–H and O–H groups in total. The third-order valence-electron chi connectivity index (χ3n) is 9.49. The van der Waals surface area contributed by atoms with Crippen molar-refractivity contribution in [2.45, 2.75) is 82.1 Å². The zero-order valence-electron chi connectivity index (χ0n) is 22.0. The lowest BCUT2D eigenvalue weighted by molar-refractivity contribution is -0.329. The van der Waals surface area contributed by atoms with Gasteiger partial charge in [-0.3, -0.25) is 4.79 Å². The summed E-state index contributed by atoms with van der Waals surface area (Å²) in [5.41, 5.74) is -1.02. The molecule has 3 heterocycles. The molecule has 0 aromatic carbocycles. The average Bonchev–Trinajstić information content (AvgIpc) is 3.45. The van der Waals surface area contributed by atoms with Crippen LogP contribution in [-0.4, -0.2) is 94.1 Å². The maximum Gasteiger partial charge on any atom is 0.334 e. The lowest BCUT2D eigenvalue weighted by Crippen LogP contribution is -2.65. The molecule has 4 aliphatic rings. The highest BCUT2D eigenvalue weighted by Gasteiger charge is 2.66. The third kappa shape index (κ3) is 4.42. The molecule has 1 aromatic rings. The maximum atomic E-state index is 13.5. The molecule has 216 valence electrons. The highest BCUT2D eigenvalue weighted by molar-refractivity contribution is 5.91. The number of fused-ring (bicyclic) bond motifs is 3. The number of aliphatic hydroxyl groups excluding tert-OH is 5. The number of furan rings is 1. The second kappa shape index (κ2) is 10.3. The number of ether oxygens (including phenoxy) is 4. The van der Waals surface area contributed by atoms with E-state index in [0.717, 1.165) is 0 Å². The highest BCUT2D eigenvalue weighted by atomic mass is 16.7. The number of esters is 2. The average molecular weight is 553 g/mol. The van der Waals surface area contributed by atoms with E-state index < -0.39 is 90.2 Å². The molecule has 12 atom stereocenters. The largest absolute Gasteiger partial charge is 0.472 e. The number of cyclic esters (lactones) is 1. The first-order valence-corrected chi connectivity index (χ1v) is 13.1. The smallest absolute Gasteiger partial charge is 0.334 e. The summed E-state index contributed by atoms with van der Waals surface area (Å²) in [5.74, 6) is -2.33. The molecule has 12 heteroatoms. The normalized spacial score (nSPS) is 45.9. The van der Waals surface area contributed by atoms with Crippen molar-refractivity contribution in [3.05, 3.63) is 35.8 Å². The molecular formula is C27H36O12. The predicted molar refractivity (Wildman–Crippen MR) is 129 cm³/mol. The molecule has 2 aliphatic heterocycles. The molecule has 0 radical (unpaired) electrons. The number of carbonyl (C=O) groups is 2. The van der Waals surface area contributed by atoms with Crippen molar-refractivity contribution in [2.75, 3.05) is 13.7 Å². The third-order valence-corrected chi connectivity index (χ3v) is 9.49. The van der Waals surface area contributed by atoms with Gasteiger partial charge in [-0.2, -0.15) is 0 Å². The van der Waals surface area contributed by atoms with Gasteiger partial charge in [0.1, 0.15) is 30.5 Å². The van der Waals surface area contributed by atoms with Crippen LogP contribution in [0.15, 0.2) is 34.7 Å². The van der Waals surface area contributed by atoms with Gasteiger partial charge in [0.05, 0.1) is 44.4 Å². The van der Waals surface area contributed by atoms with Crippen molar-refractivity contribution < 1.29 is 58.5 Å². The molecule has 2 saturated heterocycles. The first-order valence-electron chi connectivity index (χ1n) is 13.1. The van der Waals surface area contributed by atoms with Crippen LogP contribution in [0.25, 0.3) is 0 Å². The Morgan fingerprint density at radius 3 is 2.51 bits per heavy atom. The number of rotatable bonds is 5. The van der Waals surface area contributed by atoms with E-state index in [0.29, 0.717) is 12.0 Å². The van der Waals surface area contributed by atoms with Gasteiger partial charge < -0.3 is 48.9 Å². The molecule has 1 aromatic heterocycles. The minimum absolute atomic E-state index is 0.0693. The van der Waals surface area contributed by atoms with Crippen molar-refractivity contribution in [1.82, 2.24) is 0 Å². The summed E-state index contributed by atoms with van der Waals surface area (Å²) in [6.07, 6.45) is -5.02. The lowest BCUT2D eigenvalue weighted by atomic mass is 9.44. The Morgan fingerprint density at radius 1 is 1.13 bits per heavy atom. The van der Waals surface area contributed by atoms with Crippen LogP contribution in [0.5, 0.6) is 0 Å². The monoisotopic (exact) mass is 552 g/mol. The second-order valence-electron chi connectivity index (χ2n) is 11.5. The fraction of sp³-hybridized carbons (Fsp3) is 0.704. The van der Waals surface area contributed by atoms with Crippen molar-refractivity contribution in [2.24, 2.45) is 22.7 Å². The molecule has 3 fully saturated rings. The quantitative estimate of drug-likeness (QED) is 0.308. The second-order valence-corrected chi connectivity index (χ2v) is 11.5. The van der Waals surface area contributed by atoms with E-state index in [-0.39, 0.29) is 18.4 Å². The standard InChI is InChI=1S/C27H36O12/c1-26-9-16(12-4-5-36-11-12)37-24(34)14(26)8-19(39-25-22(32)21(31)20(30)17(10-28)38-25)27(2)15(23(33)35-3)6-13(29)7-18(26)27/h4-6,11,13-14,16-22,25,28-32H,7-10H2,1-3H3/t13-,14+,16-,17-,18-,19-,20+,21-,22-,25+,26+,27-/m0/s1. The van der Waals surface area contributed by atoms with E-state index in [1.54, 1.807) is 13.0 Å². The molecule has 5 rings (SSSR count). The van der Waals surface area contributed by atoms with Crippen molar-refractivity contribution in [3.8, 4) is 0 Å². The van der Waals surface area contributed by atoms with E-state index >= 15 is 0 Å². The molecule has 2 aliphatic carbocycles. The predicted octanol–water partition coefficient (Wildman–Crippen LogP) is -0.0346. The van der Waals surface area contributed by atoms with Gasteiger partial charge in [0, 0.05) is 16.6 Å². The fourth-order valence-electron chi connectivity index (χ4n) is 7.33. The van der Waals surface area contributed by atoms with Crippen molar-refractivity contribution >= 4 is 11.9 Å². The van der Waals surface area contributed by atoms with Gasteiger partial charge >= 0.3 is 11.9 Å². The van der Waals surface area contributed by atoms with Gasteiger partial charge in [0.2, 0.25) is 0 Å². The fourth-order valence-corrected chi connectivity index (χ4v) is 7.33. The zero-order valence-corrected chi connectivity index (χ0v) is 22.0. The Morgan fingerprint density at radius 2 is 1.87 bits per heavy atom. The summed E-state index contributed by atoms with van der Waals surface area (Å²) in [7, 11) is 1.23.